The molecule has 0 spiro atoms. The van der Waals surface area contributed by atoms with E-state index in [2.05, 4.69) is 0 Å². The molecule has 3 nitrogen and oxygen atoms in total. The molecule has 98 valence electrons. The third kappa shape index (κ3) is 3.14. The molecule has 0 fully saturated rings. The highest BCUT2D eigenvalue weighted by Crippen LogP contribution is 2.15. The third-order valence-corrected chi connectivity index (χ3v) is 2.78. The first-order valence-electron chi connectivity index (χ1n) is 6.08. The molecule has 0 amide bonds. The van der Waals surface area contributed by atoms with E-state index < -0.39 is 0 Å². The van der Waals surface area contributed by atoms with Gasteiger partial charge in [0.1, 0.15) is 6.29 Å². The first-order chi connectivity index (χ1) is 9.72. The van der Waals surface area contributed by atoms with Crippen LogP contribution in [-0.4, -0.2) is 17.9 Å². The van der Waals surface area contributed by atoms with Crippen molar-refractivity contribution in [3.63, 3.8) is 0 Å². The van der Waals surface area contributed by atoms with Gasteiger partial charge in [-0.25, -0.2) is 0 Å². The number of rotatable bonds is 1. The van der Waals surface area contributed by atoms with Gasteiger partial charge in [-0.15, -0.1) is 0 Å². The van der Waals surface area contributed by atoms with Gasteiger partial charge >= 0.3 is 0 Å². The molecule has 1 aliphatic carbocycles. The van der Waals surface area contributed by atoms with Gasteiger partial charge in [-0.3, -0.25) is 14.4 Å². The van der Waals surface area contributed by atoms with Crippen molar-refractivity contribution < 1.29 is 14.4 Å². The fourth-order valence-corrected chi connectivity index (χ4v) is 1.78. The molecule has 0 N–H and O–H groups in total. The summed E-state index contributed by atoms with van der Waals surface area (Å²) in [6.07, 6.45) is 3.45. The molecule has 0 saturated heterocycles. The van der Waals surface area contributed by atoms with Gasteiger partial charge in [-0.05, 0) is 12.2 Å². The second kappa shape index (κ2) is 6.38. The molecule has 0 aromatic heterocycles. The van der Waals surface area contributed by atoms with E-state index in [1.54, 1.807) is 36.4 Å². The SMILES string of the molecule is O=C1C=CC(=O)c2ccccc21.O=Cc1ccccc1. The van der Waals surface area contributed by atoms with E-state index >= 15 is 0 Å². The lowest BCUT2D eigenvalue weighted by atomic mass is 9.95. The van der Waals surface area contributed by atoms with Crippen LogP contribution in [0.1, 0.15) is 31.1 Å². The van der Waals surface area contributed by atoms with Gasteiger partial charge in [-0.2, -0.15) is 0 Å². The molecule has 0 unspecified atom stereocenters. The van der Waals surface area contributed by atoms with E-state index in [4.69, 9.17) is 0 Å². The lowest BCUT2D eigenvalue weighted by Gasteiger charge is -2.06. The lowest BCUT2D eigenvalue weighted by molar-refractivity contribution is 0.0994. The Kier molecular flexibility index (Phi) is 4.35. The summed E-state index contributed by atoms with van der Waals surface area (Å²) in [6, 6.07) is 15.9. The van der Waals surface area contributed by atoms with Crippen LogP contribution in [0.3, 0.4) is 0 Å². The summed E-state index contributed by atoms with van der Waals surface area (Å²) in [4.78, 5) is 32.4. The molecule has 0 atom stereocenters. The van der Waals surface area contributed by atoms with Crippen LogP contribution in [0.5, 0.6) is 0 Å². The zero-order valence-electron chi connectivity index (χ0n) is 10.7. The van der Waals surface area contributed by atoms with Crippen LogP contribution in [0.4, 0.5) is 0 Å². The highest BCUT2D eigenvalue weighted by atomic mass is 16.1. The summed E-state index contributed by atoms with van der Waals surface area (Å²) in [6.45, 7) is 0. The van der Waals surface area contributed by atoms with Gasteiger partial charge in [-0.1, -0.05) is 54.6 Å². The van der Waals surface area contributed by atoms with E-state index in [9.17, 15) is 14.4 Å². The number of fused-ring (bicyclic) bond motifs is 1. The Morgan fingerprint density at radius 1 is 0.650 bits per heavy atom. The molecule has 0 radical (unpaired) electrons. The van der Waals surface area contributed by atoms with Gasteiger partial charge in [0.25, 0.3) is 0 Å². The van der Waals surface area contributed by atoms with Crippen LogP contribution in [0, 0.1) is 0 Å². The van der Waals surface area contributed by atoms with Gasteiger partial charge in [0, 0.05) is 16.7 Å². The van der Waals surface area contributed by atoms with Crippen molar-refractivity contribution in [2.24, 2.45) is 0 Å². The number of aldehydes is 1. The first kappa shape index (κ1) is 13.6. The van der Waals surface area contributed by atoms with Crippen molar-refractivity contribution in [2.45, 2.75) is 0 Å². The Bertz CT molecular complexity index is 633. The summed E-state index contributed by atoms with van der Waals surface area (Å²) < 4.78 is 0. The number of hydrogen-bond acceptors (Lipinski definition) is 3. The number of benzene rings is 2. The van der Waals surface area contributed by atoms with Crippen LogP contribution in [-0.2, 0) is 0 Å². The van der Waals surface area contributed by atoms with Gasteiger partial charge in [0.05, 0.1) is 0 Å². The molecule has 0 bridgehead atoms. The average molecular weight is 264 g/mol. The zero-order valence-corrected chi connectivity index (χ0v) is 10.7. The molecule has 2 aromatic carbocycles. The molecule has 2 aromatic rings. The summed E-state index contributed by atoms with van der Waals surface area (Å²) in [5, 5.41) is 0. The third-order valence-electron chi connectivity index (χ3n) is 2.78. The van der Waals surface area contributed by atoms with E-state index in [0.717, 1.165) is 11.8 Å². The Morgan fingerprint density at radius 2 is 1.10 bits per heavy atom. The molecule has 1 aliphatic rings. The first-order valence-corrected chi connectivity index (χ1v) is 6.08. The normalized spacial score (nSPS) is 12.2. The van der Waals surface area contributed by atoms with E-state index in [-0.39, 0.29) is 11.6 Å². The van der Waals surface area contributed by atoms with Crippen LogP contribution in [0.25, 0.3) is 0 Å². The van der Waals surface area contributed by atoms with Crippen molar-refractivity contribution in [1.82, 2.24) is 0 Å². The molecular formula is C17H12O3. The molecule has 20 heavy (non-hydrogen) atoms. The number of carbonyl (C=O) groups excluding carboxylic acids is 3. The van der Waals surface area contributed by atoms with Gasteiger partial charge in [0.15, 0.2) is 11.6 Å². The standard InChI is InChI=1S/C10H6O2.C7H6O/c11-9-5-6-10(12)8-4-2-1-3-7(8)9;8-6-7-4-2-1-3-5-7/h1-6H;1-6H. The average Bonchev–Trinajstić information content (AvgIpc) is 2.53. The van der Waals surface area contributed by atoms with Crippen LogP contribution < -0.4 is 0 Å². The topological polar surface area (TPSA) is 51.2 Å². The Balaban J connectivity index is 0.000000160. The van der Waals surface area contributed by atoms with Crippen LogP contribution in [0.2, 0.25) is 0 Å². The fraction of sp³-hybridized carbons (Fsp3) is 0. The van der Waals surface area contributed by atoms with Crippen molar-refractivity contribution in [3.05, 3.63) is 83.4 Å². The summed E-state index contributed by atoms with van der Waals surface area (Å²) in [5.74, 6) is -0.185. The number of ketones is 2. The maximum atomic E-state index is 11.2. The zero-order chi connectivity index (χ0) is 14.4. The van der Waals surface area contributed by atoms with E-state index in [1.165, 1.54) is 12.2 Å². The molecule has 0 saturated carbocycles. The molecule has 3 rings (SSSR count). The Labute approximate surface area is 116 Å². The Morgan fingerprint density at radius 3 is 1.50 bits per heavy atom. The summed E-state index contributed by atoms with van der Waals surface area (Å²) in [7, 11) is 0. The van der Waals surface area contributed by atoms with Crippen LogP contribution in [0.15, 0.2) is 66.7 Å². The van der Waals surface area contributed by atoms with Crippen molar-refractivity contribution in [2.75, 3.05) is 0 Å². The predicted molar refractivity (Wildman–Crippen MR) is 76.1 cm³/mol. The van der Waals surface area contributed by atoms with Crippen LogP contribution >= 0.6 is 0 Å². The monoisotopic (exact) mass is 264 g/mol. The second-order valence-corrected chi connectivity index (χ2v) is 4.14. The second-order valence-electron chi connectivity index (χ2n) is 4.14. The van der Waals surface area contributed by atoms with Gasteiger partial charge < -0.3 is 0 Å². The maximum Gasteiger partial charge on any atom is 0.186 e. The summed E-state index contributed by atoms with van der Waals surface area (Å²) >= 11 is 0. The van der Waals surface area contributed by atoms with Crippen molar-refractivity contribution in [3.8, 4) is 0 Å². The fourth-order valence-electron chi connectivity index (χ4n) is 1.78. The Hall–Kier alpha value is -2.81. The van der Waals surface area contributed by atoms with Crippen molar-refractivity contribution >= 4 is 17.9 Å². The van der Waals surface area contributed by atoms with Gasteiger partial charge in [0.2, 0.25) is 0 Å². The maximum absolute atomic E-state index is 11.2. The molecular weight excluding hydrogens is 252 g/mol. The quantitative estimate of drug-likeness (QED) is 0.743. The minimum Gasteiger partial charge on any atom is -0.298 e. The lowest BCUT2D eigenvalue weighted by Crippen LogP contribution is -2.10. The highest BCUT2D eigenvalue weighted by Gasteiger charge is 2.16. The number of hydrogen-bond donors (Lipinski definition) is 0. The van der Waals surface area contributed by atoms with E-state index in [1.807, 2.05) is 18.2 Å². The molecule has 0 aliphatic heterocycles. The molecule has 3 heteroatoms. The van der Waals surface area contributed by atoms with E-state index in [0.29, 0.717) is 11.1 Å². The minimum atomic E-state index is -0.0924. The minimum absolute atomic E-state index is 0.0924. The molecule has 0 heterocycles. The number of allylic oxidation sites excluding steroid dienone is 2. The smallest absolute Gasteiger partial charge is 0.186 e. The van der Waals surface area contributed by atoms with Crippen molar-refractivity contribution in [1.29, 1.82) is 0 Å². The summed E-state index contributed by atoms with van der Waals surface area (Å²) in [5.41, 5.74) is 1.74. The predicted octanol–water partition coefficient (Wildman–Crippen LogP) is 3.12. The number of carbonyl (C=O) groups is 3. The highest BCUT2D eigenvalue weighted by molar-refractivity contribution is 6.21. The largest absolute Gasteiger partial charge is 0.298 e.